The lowest BCUT2D eigenvalue weighted by atomic mass is 9.97. The summed E-state index contributed by atoms with van der Waals surface area (Å²) in [5.41, 5.74) is 0.861. The predicted molar refractivity (Wildman–Crippen MR) is 88.2 cm³/mol. The maximum absolute atomic E-state index is 11.2. The van der Waals surface area contributed by atoms with E-state index in [9.17, 15) is 8.42 Å². The summed E-state index contributed by atoms with van der Waals surface area (Å²) in [5.74, 6) is 1.75. The number of rotatable bonds is 7. The normalized spacial score (nSPS) is 17.2. The lowest BCUT2D eigenvalue weighted by Gasteiger charge is -2.31. The van der Waals surface area contributed by atoms with E-state index in [4.69, 9.17) is 9.47 Å². The quantitative estimate of drug-likeness (QED) is 0.791. The Labute approximate surface area is 138 Å². The van der Waals surface area contributed by atoms with Crippen molar-refractivity contribution in [1.29, 1.82) is 0 Å². The summed E-state index contributed by atoms with van der Waals surface area (Å²) >= 11 is 0. The van der Waals surface area contributed by atoms with Gasteiger partial charge in [-0.1, -0.05) is 0 Å². The summed E-state index contributed by atoms with van der Waals surface area (Å²) in [6.07, 6.45) is 4.85. The highest BCUT2D eigenvalue weighted by Crippen LogP contribution is 2.30. The van der Waals surface area contributed by atoms with Crippen LogP contribution in [0.2, 0.25) is 0 Å². The number of likely N-dealkylation sites (tertiary alicyclic amines) is 1. The molecular formula is C15H25N3O4S. The molecule has 2 heterocycles. The van der Waals surface area contributed by atoms with Crippen molar-refractivity contribution in [3.05, 3.63) is 18.0 Å². The Morgan fingerprint density at radius 2 is 2.00 bits per heavy atom. The van der Waals surface area contributed by atoms with Crippen LogP contribution in [0.25, 0.3) is 0 Å². The molecule has 130 valence electrons. The van der Waals surface area contributed by atoms with Crippen LogP contribution in [0.1, 0.15) is 18.5 Å². The van der Waals surface area contributed by atoms with Gasteiger partial charge in [-0.2, -0.15) is 0 Å². The molecule has 1 saturated heterocycles. The minimum Gasteiger partial charge on any atom is -0.493 e. The molecule has 8 heteroatoms. The molecule has 0 unspecified atom stereocenters. The van der Waals surface area contributed by atoms with Crippen molar-refractivity contribution in [3.63, 3.8) is 0 Å². The summed E-state index contributed by atoms with van der Waals surface area (Å²) in [4.78, 5) is 6.71. The molecule has 1 aliphatic heterocycles. The fourth-order valence-electron chi connectivity index (χ4n) is 2.79. The molecule has 0 aliphatic carbocycles. The van der Waals surface area contributed by atoms with E-state index in [0.717, 1.165) is 31.6 Å². The first-order valence-electron chi connectivity index (χ1n) is 7.65. The van der Waals surface area contributed by atoms with E-state index >= 15 is 0 Å². The average molecular weight is 343 g/mol. The Morgan fingerprint density at radius 1 is 1.30 bits per heavy atom. The van der Waals surface area contributed by atoms with Crippen LogP contribution in [0, 0.1) is 5.92 Å². The molecule has 0 bridgehead atoms. The third-order valence-corrected chi connectivity index (χ3v) is 4.77. The van der Waals surface area contributed by atoms with Crippen LogP contribution in [-0.4, -0.2) is 58.4 Å². The molecule has 0 amide bonds. The van der Waals surface area contributed by atoms with Crippen molar-refractivity contribution >= 4 is 10.0 Å². The van der Waals surface area contributed by atoms with Crippen molar-refractivity contribution < 1.29 is 17.9 Å². The Bertz CT molecular complexity index is 613. The van der Waals surface area contributed by atoms with E-state index in [0.29, 0.717) is 30.5 Å². The first kappa shape index (κ1) is 18.0. The Balaban J connectivity index is 1.89. The number of ether oxygens (including phenoxy) is 2. The molecule has 0 aromatic carbocycles. The molecule has 1 aliphatic rings. The van der Waals surface area contributed by atoms with Gasteiger partial charge in [0, 0.05) is 25.4 Å². The van der Waals surface area contributed by atoms with E-state index in [1.54, 1.807) is 26.5 Å². The van der Waals surface area contributed by atoms with Gasteiger partial charge in [0.15, 0.2) is 11.5 Å². The lowest BCUT2D eigenvalue weighted by molar-refractivity contribution is 0.174. The van der Waals surface area contributed by atoms with Crippen LogP contribution >= 0.6 is 0 Å². The second kappa shape index (κ2) is 7.94. The molecule has 0 atom stereocenters. The maximum Gasteiger partial charge on any atom is 0.208 e. The van der Waals surface area contributed by atoms with Crippen LogP contribution in [0.15, 0.2) is 12.3 Å². The van der Waals surface area contributed by atoms with Crippen molar-refractivity contribution in [2.24, 2.45) is 5.92 Å². The van der Waals surface area contributed by atoms with Crippen molar-refractivity contribution in [2.45, 2.75) is 19.4 Å². The third-order valence-electron chi connectivity index (χ3n) is 4.08. The lowest BCUT2D eigenvalue weighted by Crippen LogP contribution is -2.38. The van der Waals surface area contributed by atoms with Crippen LogP contribution in [0.4, 0.5) is 0 Å². The van der Waals surface area contributed by atoms with Crippen molar-refractivity contribution in [3.8, 4) is 11.5 Å². The first-order chi connectivity index (χ1) is 10.9. The van der Waals surface area contributed by atoms with Crippen LogP contribution in [0.3, 0.4) is 0 Å². The summed E-state index contributed by atoms with van der Waals surface area (Å²) in [6.45, 7) is 3.05. The van der Waals surface area contributed by atoms with Gasteiger partial charge in [0.05, 0.1) is 20.5 Å². The van der Waals surface area contributed by atoms with Crippen LogP contribution in [0.5, 0.6) is 11.5 Å². The monoisotopic (exact) mass is 343 g/mol. The second-order valence-corrected chi connectivity index (χ2v) is 7.67. The van der Waals surface area contributed by atoms with Gasteiger partial charge >= 0.3 is 0 Å². The molecular weight excluding hydrogens is 318 g/mol. The van der Waals surface area contributed by atoms with Crippen molar-refractivity contribution in [1.82, 2.24) is 14.6 Å². The van der Waals surface area contributed by atoms with Gasteiger partial charge in [0.2, 0.25) is 10.0 Å². The van der Waals surface area contributed by atoms with E-state index < -0.39 is 10.0 Å². The zero-order valence-electron chi connectivity index (χ0n) is 13.9. The SMILES string of the molecule is COc1ccnc(CN2CCC(CNS(C)(=O)=O)CC2)c1OC. The average Bonchev–Trinajstić information content (AvgIpc) is 2.53. The molecule has 2 rings (SSSR count). The largest absolute Gasteiger partial charge is 0.493 e. The van der Waals surface area contributed by atoms with Crippen molar-refractivity contribution in [2.75, 3.05) is 40.1 Å². The fourth-order valence-corrected chi connectivity index (χ4v) is 3.33. The zero-order valence-corrected chi connectivity index (χ0v) is 14.7. The molecule has 0 spiro atoms. The number of hydrogen-bond donors (Lipinski definition) is 1. The molecule has 1 fully saturated rings. The predicted octanol–water partition coefficient (Wildman–Crippen LogP) is 0.860. The maximum atomic E-state index is 11.2. The molecule has 0 saturated carbocycles. The Kier molecular flexibility index (Phi) is 6.20. The first-order valence-corrected chi connectivity index (χ1v) is 9.55. The number of nitrogens with zero attached hydrogens (tertiary/aromatic N) is 2. The summed E-state index contributed by atoms with van der Waals surface area (Å²) in [7, 11) is 0.124. The number of methoxy groups -OCH3 is 2. The van der Waals surface area contributed by atoms with E-state index in [-0.39, 0.29) is 0 Å². The highest BCUT2D eigenvalue weighted by atomic mass is 32.2. The molecule has 7 nitrogen and oxygen atoms in total. The van der Waals surface area contributed by atoms with E-state index in [2.05, 4.69) is 14.6 Å². The number of sulfonamides is 1. The molecule has 1 N–H and O–H groups in total. The van der Waals surface area contributed by atoms with E-state index in [1.165, 1.54) is 6.26 Å². The minimum absolute atomic E-state index is 0.390. The second-order valence-electron chi connectivity index (χ2n) is 5.83. The zero-order chi connectivity index (χ0) is 16.9. The Hall–Kier alpha value is -1.38. The summed E-state index contributed by atoms with van der Waals surface area (Å²) in [6, 6.07) is 1.78. The minimum atomic E-state index is -3.11. The fraction of sp³-hybridized carbons (Fsp3) is 0.667. The highest BCUT2D eigenvalue weighted by Gasteiger charge is 2.22. The topological polar surface area (TPSA) is 80.8 Å². The number of nitrogens with one attached hydrogen (secondary N) is 1. The van der Waals surface area contributed by atoms with Gasteiger partial charge in [0.25, 0.3) is 0 Å². The van der Waals surface area contributed by atoms with Gasteiger partial charge < -0.3 is 9.47 Å². The molecule has 1 aromatic heterocycles. The van der Waals surface area contributed by atoms with Gasteiger partial charge in [0.1, 0.15) is 5.69 Å². The van der Waals surface area contributed by atoms with E-state index in [1.807, 2.05) is 0 Å². The Morgan fingerprint density at radius 3 is 2.57 bits per heavy atom. The smallest absolute Gasteiger partial charge is 0.208 e. The van der Waals surface area contributed by atoms with Crippen LogP contribution in [-0.2, 0) is 16.6 Å². The standard InChI is InChI=1S/C15H25N3O4S/c1-21-14-4-7-16-13(15(14)22-2)11-18-8-5-12(6-9-18)10-17-23(3,19)20/h4,7,12,17H,5-6,8-11H2,1-3H3. The summed E-state index contributed by atoms with van der Waals surface area (Å²) < 4.78 is 35.6. The van der Waals surface area contributed by atoms with Gasteiger partial charge in [-0.25, -0.2) is 13.1 Å². The highest BCUT2D eigenvalue weighted by molar-refractivity contribution is 7.88. The van der Waals surface area contributed by atoms with Crippen LogP contribution < -0.4 is 14.2 Å². The van der Waals surface area contributed by atoms with Gasteiger partial charge in [-0.3, -0.25) is 9.88 Å². The number of pyridine rings is 1. The molecule has 1 aromatic rings. The molecule has 0 radical (unpaired) electrons. The number of hydrogen-bond acceptors (Lipinski definition) is 6. The number of piperidine rings is 1. The van der Waals surface area contributed by atoms with Gasteiger partial charge in [-0.05, 0) is 31.8 Å². The summed E-state index contributed by atoms with van der Waals surface area (Å²) in [5, 5.41) is 0. The van der Waals surface area contributed by atoms with Gasteiger partial charge in [-0.15, -0.1) is 0 Å². The third kappa shape index (κ3) is 5.33. The molecule has 23 heavy (non-hydrogen) atoms. The number of aromatic nitrogens is 1.